The number of rotatable bonds is 1. The van der Waals surface area contributed by atoms with Crippen molar-refractivity contribution < 1.29 is 4.73 Å². The van der Waals surface area contributed by atoms with Gasteiger partial charge in [-0.05, 0) is 18.2 Å². The summed E-state index contributed by atoms with van der Waals surface area (Å²) in [6, 6.07) is 5.16. The molecule has 78 valence electrons. The molecule has 0 unspecified atom stereocenters. The first kappa shape index (κ1) is 10.8. The van der Waals surface area contributed by atoms with Crippen molar-refractivity contribution in [3.05, 3.63) is 45.2 Å². The lowest BCUT2D eigenvalue weighted by molar-refractivity contribution is -0.577. The van der Waals surface area contributed by atoms with Gasteiger partial charge in [-0.1, -0.05) is 23.2 Å². The van der Waals surface area contributed by atoms with Gasteiger partial charge in [-0.3, -0.25) is 0 Å². The predicted molar refractivity (Wildman–Crippen MR) is 62.5 cm³/mol. The Morgan fingerprint density at radius 3 is 2.67 bits per heavy atom. The van der Waals surface area contributed by atoms with E-state index in [9.17, 15) is 5.21 Å². The van der Waals surface area contributed by atoms with Crippen molar-refractivity contribution in [1.29, 1.82) is 0 Å². The van der Waals surface area contributed by atoms with Crippen LogP contribution in [-0.2, 0) is 5.88 Å². The molecule has 1 heterocycles. The molecule has 0 aliphatic rings. The zero-order valence-corrected chi connectivity index (χ0v) is 9.77. The van der Waals surface area contributed by atoms with E-state index in [0.29, 0.717) is 25.9 Å². The van der Waals surface area contributed by atoms with Crippen LogP contribution in [0.4, 0.5) is 0 Å². The van der Waals surface area contributed by atoms with Gasteiger partial charge in [0.05, 0.1) is 16.5 Å². The minimum atomic E-state index is 0.194. The van der Waals surface area contributed by atoms with E-state index in [1.807, 2.05) is 0 Å². The van der Waals surface area contributed by atoms with Crippen LogP contribution in [0, 0.1) is 5.21 Å². The normalized spacial score (nSPS) is 10.9. The van der Waals surface area contributed by atoms with Gasteiger partial charge in [0.25, 0.3) is 0 Å². The fourth-order valence-electron chi connectivity index (χ4n) is 1.50. The third kappa shape index (κ3) is 1.85. The number of halogens is 3. The molecule has 15 heavy (non-hydrogen) atoms. The van der Waals surface area contributed by atoms with E-state index in [0.717, 1.165) is 5.39 Å². The number of hydrogen-bond acceptors (Lipinski definition) is 1. The molecule has 0 amide bonds. The largest absolute Gasteiger partial charge is 0.618 e. The minimum absolute atomic E-state index is 0.194. The number of pyridine rings is 1. The molecular weight excluding hydrogens is 256 g/mol. The molecule has 0 saturated carbocycles. The molecule has 2 rings (SSSR count). The van der Waals surface area contributed by atoms with Crippen LogP contribution < -0.4 is 4.73 Å². The Bertz CT molecular complexity index is 528. The Hall–Kier alpha value is -0.700. The molecule has 0 atom stereocenters. The summed E-state index contributed by atoms with van der Waals surface area (Å²) < 4.78 is 0.696. The van der Waals surface area contributed by atoms with Crippen molar-refractivity contribution in [1.82, 2.24) is 0 Å². The molecule has 5 heteroatoms. The topological polar surface area (TPSA) is 26.9 Å². The number of alkyl halides is 1. The van der Waals surface area contributed by atoms with Gasteiger partial charge >= 0.3 is 0 Å². The predicted octanol–water partition coefficient (Wildman–Crippen LogP) is 3.52. The summed E-state index contributed by atoms with van der Waals surface area (Å²) in [4.78, 5) is 0. The van der Waals surface area contributed by atoms with Gasteiger partial charge in [0.15, 0.2) is 6.20 Å². The van der Waals surface area contributed by atoms with Crippen LogP contribution in [0.15, 0.2) is 24.4 Å². The molecule has 2 aromatic rings. The number of aromatic nitrogens is 1. The summed E-state index contributed by atoms with van der Waals surface area (Å²) in [5.41, 5.74) is 1.10. The Kier molecular flexibility index (Phi) is 2.91. The summed E-state index contributed by atoms with van der Waals surface area (Å²) in [5, 5.41) is 13.3. The second kappa shape index (κ2) is 4.05. The van der Waals surface area contributed by atoms with Gasteiger partial charge in [0.2, 0.25) is 5.52 Å². The molecular formula is C10H6Cl3NO. The smallest absolute Gasteiger partial charge is 0.229 e. The van der Waals surface area contributed by atoms with Crippen molar-refractivity contribution in [3.8, 4) is 0 Å². The van der Waals surface area contributed by atoms with Crippen LogP contribution in [0.5, 0.6) is 0 Å². The maximum Gasteiger partial charge on any atom is 0.229 e. The van der Waals surface area contributed by atoms with E-state index in [1.54, 1.807) is 18.2 Å². The molecule has 0 aliphatic heterocycles. The molecule has 1 aromatic carbocycles. The van der Waals surface area contributed by atoms with E-state index in [1.165, 1.54) is 6.20 Å². The van der Waals surface area contributed by atoms with Crippen molar-refractivity contribution in [2.75, 3.05) is 0 Å². The zero-order chi connectivity index (χ0) is 11.0. The molecule has 2 nitrogen and oxygen atoms in total. The van der Waals surface area contributed by atoms with E-state index in [-0.39, 0.29) is 5.88 Å². The maximum atomic E-state index is 11.6. The van der Waals surface area contributed by atoms with E-state index in [4.69, 9.17) is 34.8 Å². The Morgan fingerprint density at radius 2 is 2.00 bits per heavy atom. The zero-order valence-electron chi connectivity index (χ0n) is 7.51. The average molecular weight is 263 g/mol. The summed E-state index contributed by atoms with van der Waals surface area (Å²) in [6.07, 6.45) is 1.29. The second-order valence-corrected chi connectivity index (χ2v) is 4.19. The first-order valence-electron chi connectivity index (χ1n) is 4.19. The highest BCUT2D eigenvalue weighted by atomic mass is 35.5. The molecule has 0 spiro atoms. The number of hydrogen-bond donors (Lipinski definition) is 0. The third-order valence-electron chi connectivity index (χ3n) is 2.14. The Labute approximate surface area is 102 Å². The van der Waals surface area contributed by atoms with Crippen LogP contribution in [0.1, 0.15) is 5.56 Å². The fourth-order valence-corrected chi connectivity index (χ4v) is 2.26. The lowest BCUT2D eigenvalue weighted by Gasteiger charge is -2.07. The number of benzene rings is 1. The Morgan fingerprint density at radius 1 is 1.27 bits per heavy atom. The van der Waals surface area contributed by atoms with Gasteiger partial charge < -0.3 is 5.21 Å². The quantitative estimate of drug-likeness (QED) is 0.439. The molecule has 1 aromatic heterocycles. The minimum Gasteiger partial charge on any atom is -0.618 e. The van der Waals surface area contributed by atoms with Crippen LogP contribution in [-0.4, -0.2) is 0 Å². The standard InChI is InChI=1S/C10H6Cl3NO/c11-4-8-9(13)2-1-6-3-7(12)5-14(15)10(6)8/h1-3,5H,4H2. The second-order valence-electron chi connectivity index (χ2n) is 3.08. The summed E-state index contributed by atoms with van der Waals surface area (Å²) >= 11 is 17.5. The van der Waals surface area contributed by atoms with Crippen LogP contribution >= 0.6 is 34.8 Å². The van der Waals surface area contributed by atoms with Crippen LogP contribution in [0.2, 0.25) is 10.0 Å². The molecule has 0 saturated heterocycles. The van der Waals surface area contributed by atoms with Gasteiger partial charge in [-0.15, -0.1) is 11.6 Å². The van der Waals surface area contributed by atoms with Crippen molar-refractivity contribution >= 4 is 45.7 Å². The SMILES string of the molecule is [O-][n+]1cc(Cl)cc2ccc(Cl)c(CCl)c21. The fraction of sp³-hybridized carbons (Fsp3) is 0.100. The van der Waals surface area contributed by atoms with Gasteiger partial charge in [0, 0.05) is 5.39 Å². The lowest BCUT2D eigenvalue weighted by atomic mass is 10.1. The Balaban J connectivity index is 2.91. The van der Waals surface area contributed by atoms with E-state index < -0.39 is 0 Å². The summed E-state index contributed by atoms with van der Waals surface area (Å²) in [7, 11) is 0. The molecule has 0 N–H and O–H groups in total. The molecule has 0 radical (unpaired) electrons. The maximum absolute atomic E-state index is 11.6. The van der Waals surface area contributed by atoms with Crippen molar-refractivity contribution in [2.24, 2.45) is 0 Å². The number of fused-ring (bicyclic) bond motifs is 1. The van der Waals surface area contributed by atoms with E-state index in [2.05, 4.69) is 0 Å². The lowest BCUT2D eigenvalue weighted by Crippen LogP contribution is -2.27. The monoisotopic (exact) mass is 261 g/mol. The highest BCUT2D eigenvalue weighted by Gasteiger charge is 2.14. The summed E-state index contributed by atoms with van der Waals surface area (Å²) in [5.74, 6) is 0.194. The van der Waals surface area contributed by atoms with E-state index >= 15 is 0 Å². The molecule has 0 bridgehead atoms. The van der Waals surface area contributed by atoms with Gasteiger partial charge in [-0.2, -0.15) is 4.73 Å². The van der Waals surface area contributed by atoms with Crippen LogP contribution in [0.25, 0.3) is 10.9 Å². The highest BCUT2D eigenvalue weighted by Crippen LogP contribution is 2.26. The average Bonchev–Trinajstić information content (AvgIpc) is 2.18. The van der Waals surface area contributed by atoms with Gasteiger partial charge in [-0.25, -0.2) is 0 Å². The first-order valence-corrected chi connectivity index (χ1v) is 5.48. The molecule has 0 aliphatic carbocycles. The molecule has 0 fully saturated rings. The van der Waals surface area contributed by atoms with Crippen molar-refractivity contribution in [3.63, 3.8) is 0 Å². The van der Waals surface area contributed by atoms with Crippen molar-refractivity contribution in [2.45, 2.75) is 5.88 Å². The van der Waals surface area contributed by atoms with Gasteiger partial charge in [0.1, 0.15) is 5.02 Å². The summed E-state index contributed by atoms with van der Waals surface area (Å²) in [6.45, 7) is 0. The number of nitrogens with zero attached hydrogens (tertiary/aromatic N) is 1. The highest BCUT2D eigenvalue weighted by molar-refractivity contribution is 6.33. The first-order chi connectivity index (χ1) is 7.13. The third-order valence-corrected chi connectivity index (χ3v) is 2.97. The van der Waals surface area contributed by atoms with Crippen LogP contribution in [0.3, 0.4) is 0 Å².